The minimum absolute atomic E-state index is 0.187. The van der Waals surface area contributed by atoms with Crippen molar-refractivity contribution < 1.29 is 18.1 Å². The highest BCUT2D eigenvalue weighted by Gasteiger charge is 2.31. The van der Waals surface area contributed by atoms with Crippen LogP contribution in [0.3, 0.4) is 0 Å². The van der Waals surface area contributed by atoms with E-state index in [1.54, 1.807) is 48.5 Å². The van der Waals surface area contributed by atoms with E-state index in [4.69, 9.17) is 23.2 Å². The number of nitrogens with zero attached hydrogens (tertiary/aromatic N) is 1. The second-order valence-electron chi connectivity index (χ2n) is 6.29. The van der Waals surface area contributed by atoms with Crippen LogP contribution in [0.1, 0.15) is 0 Å². The molecule has 1 saturated heterocycles. The van der Waals surface area contributed by atoms with E-state index < -0.39 is 10.0 Å². The Balaban J connectivity index is 1.55. The standard InChI is InChI=1S/C18H19Cl2N3O3S/c19-15-7-4-8-16(18(15)20)21-17(24)13-22-9-11-23(12-10-22)27(25,26)14-5-2-1-3-6-14/h1-8H,9-13H2,(H,21,24)/p+1. The number of piperazine rings is 1. The molecule has 1 amide bonds. The molecule has 0 radical (unpaired) electrons. The SMILES string of the molecule is O=C(C[NH+]1CCN(S(=O)(=O)c2ccccc2)CC1)Nc1cccc(Cl)c1Cl. The molecule has 2 aromatic carbocycles. The summed E-state index contributed by atoms with van der Waals surface area (Å²) in [6.07, 6.45) is 0. The second kappa shape index (κ2) is 8.58. The number of rotatable bonds is 5. The number of halogens is 2. The molecule has 0 bridgehead atoms. The first-order chi connectivity index (χ1) is 12.9. The van der Waals surface area contributed by atoms with Crippen molar-refractivity contribution in [2.75, 3.05) is 38.0 Å². The maximum Gasteiger partial charge on any atom is 0.279 e. The lowest BCUT2D eigenvalue weighted by Gasteiger charge is -2.31. The van der Waals surface area contributed by atoms with E-state index in [2.05, 4.69) is 5.32 Å². The molecule has 1 heterocycles. The van der Waals surface area contributed by atoms with Gasteiger partial charge in [0, 0.05) is 0 Å². The summed E-state index contributed by atoms with van der Waals surface area (Å²) in [5.41, 5.74) is 0.471. The van der Waals surface area contributed by atoms with Gasteiger partial charge in [0.1, 0.15) is 0 Å². The molecular formula is C18H20Cl2N3O3S+. The zero-order valence-corrected chi connectivity index (χ0v) is 16.8. The predicted octanol–water partition coefficient (Wildman–Crippen LogP) is 1.52. The second-order valence-corrected chi connectivity index (χ2v) is 9.02. The lowest BCUT2D eigenvalue weighted by molar-refractivity contribution is -0.895. The molecule has 6 nitrogen and oxygen atoms in total. The predicted molar refractivity (Wildman–Crippen MR) is 106 cm³/mol. The van der Waals surface area contributed by atoms with Crippen LogP contribution in [-0.2, 0) is 14.8 Å². The smallest absolute Gasteiger partial charge is 0.279 e. The van der Waals surface area contributed by atoms with Crippen molar-refractivity contribution in [2.45, 2.75) is 4.90 Å². The van der Waals surface area contributed by atoms with Gasteiger partial charge in [-0.05, 0) is 24.3 Å². The van der Waals surface area contributed by atoms with Crippen LogP contribution in [0.2, 0.25) is 10.0 Å². The Morgan fingerprint density at radius 2 is 1.70 bits per heavy atom. The molecule has 0 atom stereocenters. The number of hydrogen-bond donors (Lipinski definition) is 2. The fraction of sp³-hybridized carbons (Fsp3) is 0.278. The van der Waals surface area contributed by atoms with E-state index in [1.165, 1.54) is 4.31 Å². The quantitative estimate of drug-likeness (QED) is 0.758. The summed E-state index contributed by atoms with van der Waals surface area (Å²) in [4.78, 5) is 13.6. The molecule has 0 unspecified atom stereocenters. The Kier molecular flexibility index (Phi) is 6.39. The molecule has 2 N–H and O–H groups in total. The molecule has 144 valence electrons. The van der Waals surface area contributed by atoms with E-state index in [0.717, 1.165) is 4.90 Å². The lowest BCUT2D eigenvalue weighted by Crippen LogP contribution is -3.15. The monoisotopic (exact) mass is 428 g/mol. The number of amides is 1. The van der Waals surface area contributed by atoms with Crippen molar-refractivity contribution in [3.63, 3.8) is 0 Å². The molecule has 1 aliphatic rings. The number of benzene rings is 2. The molecule has 1 fully saturated rings. The van der Waals surface area contributed by atoms with Gasteiger partial charge in [-0.2, -0.15) is 4.31 Å². The van der Waals surface area contributed by atoms with Crippen LogP contribution >= 0.6 is 23.2 Å². The summed E-state index contributed by atoms with van der Waals surface area (Å²) in [7, 11) is -3.49. The van der Waals surface area contributed by atoms with Gasteiger partial charge in [0.2, 0.25) is 10.0 Å². The highest BCUT2D eigenvalue weighted by Crippen LogP contribution is 2.29. The first-order valence-electron chi connectivity index (χ1n) is 8.50. The van der Waals surface area contributed by atoms with Crippen molar-refractivity contribution in [2.24, 2.45) is 0 Å². The lowest BCUT2D eigenvalue weighted by atomic mass is 10.3. The maximum absolute atomic E-state index is 12.6. The molecule has 0 aliphatic carbocycles. The third kappa shape index (κ3) is 4.80. The third-order valence-electron chi connectivity index (χ3n) is 4.45. The first kappa shape index (κ1) is 20.1. The number of carbonyl (C=O) groups excluding carboxylic acids is 1. The van der Waals surface area contributed by atoms with Crippen molar-refractivity contribution in [1.82, 2.24) is 4.31 Å². The number of carbonyl (C=O) groups is 1. The number of hydrogen-bond acceptors (Lipinski definition) is 3. The molecule has 9 heteroatoms. The van der Waals surface area contributed by atoms with E-state index in [1.807, 2.05) is 0 Å². The average molecular weight is 429 g/mol. The number of nitrogens with one attached hydrogen (secondary N) is 2. The summed E-state index contributed by atoms with van der Waals surface area (Å²) in [5.74, 6) is -0.187. The van der Waals surface area contributed by atoms with Crippen LogP contribution in [0.4, 0.5) is 5.69 Å². The van der Waals surface area contributed by atoms with Crippen molar-refractivity contribution in [1.29, 1.82) is 0 Å². The summed E-state index contributed by atoms with van der Waals surface area (Å²) < 4.78 is 26.7. The van der Waals surface area contributed by atoms with Gasteiger partial charge in [0.05, 0.1) is 46.8 Å². The van der Waals surface area contributed by atoms with Crippen LogP contribution in [0.5, 0.6) is 0 Å². The van der Waals surface area contributed by atoms with Gasteiger partial charge in [0.15, 0.2) is 6.54 Å². The Hall–Kier alpha value is -1.64. The fourth-order valence-corrected chi connectivity index (χ4v) is 4.79. The van der Waals surface area contributed by atoms with Gasteiger partial charge in [-0.25, -0.2) is 8.42 Å². The minimum Gasteiger partial charge on any atom is -0.325 e. The van der Waals surface area contributed by atoms with Crippen LogP contribution in [0.15, 0.2) is 53.4 Å². The summed E-state index contributed by atoms with van der Waals surface area (Å²) in [6.45, 7) is 2.10. The topological polar surface area (TPSA) is 70.9 Å². The van der Waals surface area contributed by atoms with E-state index in [-0.39, 0.29) is 12.5 Å². The molecule has 0 aromatic heterocycles. The molecule has 2 aromatic rings. The van der Waals surface area contributed by atoms with E-state index in [9.17, 15) is 13.2 Å². The zero-order valence-electron chi connectivity index (χ0n) is 14.5. The van der Waals surface area contributed by atoms with Gasteiger partial charge in [0.25, 0.3) is 5.91 Å². The molecule has 3 rings (SSSR count). The molecular weight excluding hydrogens is 409 g/mol. The maximum atomic E-state index is 12.6. The molecule has 27 heavy (non-hydrogen) atoms. The van der Waals surface area contributed by atoms with Crippen molar-refractivity contribution in [3.8, 4) is 0 Å². The highest BCUT2D eigenvalue weighted by atomic mass is 35.5. The Bertz CT molecular complexity index is 915. The summed E-state index contributed by atoms with van der Waals surface area (Å²) in [6, 6.07) is 13.4. The molecule has 0 spiro atoms. The summed E-state index contributed by atoms with van der Waals surface area (Å²) >= 11 is 12.0. The third-order valence-corrected chi connectivity index (χ3v) is 7.18. The van der Waals surface area contributed by atoms with Gasteiger partial charge in [-0.15, -0.1) is 0 Å². The Morgan fingerprint density at radius 1 is 1.04 bits per heavy atom. The van der Waals surface area contributed by atoms with Gasteiger partial charge >= 0.3 is 0 Å². The van der Waals surface area contributed by atoms with Gasteiger partial charge < -0.3 is 10.2 Å². The van der Waals surface area contributed by atoms with Crippen LogP contribution in [-0.4, -0.2) is 51.4 Å². The zero-order chi connectivity index (χ0) is 19.4. The minimum atomic E-state index is -3.49. The van der Waals surface area contributed by atoms with Crippen molar-refractivity contribution >= 4 is 44.8 Å². The molecule has 1 aliphatic heterocycles. The summed E-state index contributed by atoms with van der Waals surface area (Å²) in [5, 5.41) is 3.44. The van der Waals surface area contributed by atoms with Crippen molar-refractivity contribution in [3.05, 3.63) is 58.6 Å². The molecule has 0 saturated carbocycles. The van der Waals surface area contributed by atoms with Crippen LogP contribution < -0.4 is 10.2 Å². The first-order valence-corrected chi connectivity index (χ1v) is 10.7. The van der Waals surface area contributed by atoms with Crippen LogP contribution in [0.25, 0.3) is 0 Å². The Morgan fingerprint density at radius 3 is 2.37 bits per heavy atom. The van der Waals surface area contributed by atoms with E-state index >= 15 is 0 Å². The Labute approximate surface area is 168 Å². The fourth-order valence-electron chi connectivity index (χ4n) is 2.98. The number of quaternary nitrogens is 1. The number of sulfonamides is 1. The highest BCUT2D eigenvalue weighted by molar-refractivity contribution is 7.89. The van der Waals surface area contributed by atoms with Gasteiger partial charge in [-0.3, -0.25) is 4.79 Å². The average Bonchev–Trinajstić information content (AvgIpc) is 2.66. The normalized spacial score (nSPS) is 16.2. The van der Waals surface area contributed by atoms with Gasteiger partial charge in [-0.1, -0.05) is 47.5 Å². The number of anilines is 1. The largest absolute Gasteiger partial charge is 0.325 e. The van der Waals surface area contributed by atoms with Crippen LogP contribution in [0, 0.1) is 0 Å². The van der Waals surface area contributed by atoms with E-state index in [0.29, 0.717) is 46.8 Å².